The Kier molecular flexibility index (Phi) is 5.94. The minimum Gasteiger partial charge on any atom is -0.378 e. The van der Waals surface area contributed by atoms with Gasteiger partial charge in [-0.05, 0) is 47.6 Å². The van der Waals surface area contributed by atoms with Crippen molar-refractivity contribution in [1.29, 1.82) is 0 Å². The van der Waals surface area contributed by atoms with Crippen LogP contribution in [0.4, 0.5) is 5.69 Å². The van der Waals surface area contributed by atoms with Crippen molar-refractivity contribution >= 4 is 11.6 Å². The van der Waals surface area contributed by atoms with E-state index in [9.17, 15) is 4.79 Å². The van der Waals surface area contributed by atoms with Crippen LogP contribution in [0.2, 0.25) is 0 Å². The fraction of sp³-hybridized carbons (Fsp3) is 0.409. The molecule has 1 amide bonds. The van der Waals surface area contributed by atoms with Gasteiger partial charge >= 0.3 is 0 Å². The highest BCUT2D eigenvalue weighted by molar-refractivity contribution is 5.79. The molecule has 0 radical (unpaired) electrons. The zero-order valence-electron chi connectivity index (χ0n) is 15.8. The normalized spacial score (nSPS) is 15.1. The molecule has 26 heavy (non-hydrogen) atoms. The highest BCUT2D eigenvalue weighted by Crippen LogP contribution is 2.29. The van der Waals surface area contributed by atoms with Crippen LogP contribution < -0.4 is 10.6 Å². The summed E-state index contributed by atoms with van der Waals surface area (Å²) in [6.45, 7) is 2.26. The molecule has 0 atom stereocenters. The molecular formula is C22H29N3O. The first kappa shape index (κ1) is 18.5. The van der Waals surface area contributed by atoms with Gasteiger partial charge in [-0.25, -0.2) is 0 Å². The molecule has 4 nitrogen and oxygen atoms in total. The van der Waals surface area contributed by atoms with Crippen LogP contribution in [0, 0.1) is 0 Å². The van der Waals surface area contributed by atoms with E-state index in [4.69, 9.17) is 5.73 Å². The lowest BCUT2D eigenvalue weighted by molar-refractivity contribution is -0.131. The maximum absolute atomic E-state index is 12.6. The third-order valence-electron chi connectivity index (χ3n) is 5.31. The molecule has 4 heteroatoms. The van der Waals surface area contributed by atoms with Gasteiger partial charge in [0.05, 0.1) is 6.42 Å². The van der Waals surface area contributed by atoms with Crippen molar-refractivity contribution in [1.82, 2.24) is 4.90 Å². The Balaban J connectivity index is 1.54. The molecule has 1 aliphatic rings. The minimum atomic E-state index is 0.233. The Hall–Kier alpha value is -2.33. The van der Waals surface area contributed by atoms with Gasteiger partial charge in [0.15, 0.2) is 0 Å². The number of rotatable bonds is 5. The van der Waals surface area contributed by atoms with Gasteiger partial charge in [-0.2, -0.15) is 0 Å². The van der Waals surface area contributed by atoms with E-state index in [1.54, 1.807) is 0 Å². The summed E-state index contributed by atoms with van der Waals surface area (Å²) in [5.41, 5.74) is 10.5. The first-order valence-electron chi connectivity index (χ1n) is 9.40. The Morgan fingerprint density at radius 2 is 1.77 bits per heavy atom. The lowest BCUT2D eigenvalue weighted by Gasteiger charge is -2.32. The first-order chi connectivity index (χ1) is 12.6. The number of likely N-dealkylation sites (tertiary alicyclic amines) is 1. The fourth-order valence-electron chi connectivity index (χ4n) is 3.63. The summed E-state index contributed by atoms with van der Waals surface area (Å²) in [5, 5.41) is 0. The number of hydrogen-bond donors (Lipinski definition) is 1. The van der Waals surface area contributed by atoms with Gasteiger partial charge in [-0.15, -0.1) is 0 Å². The molecule has 1 aliphatic heterocycles. The molecule has 1 fully saturated rings. The maximum atomic E-state index is 12.6. The number of carbonyl (C=O) groups is 1. The van der Waals surface area contributed by atoms with E-state index < -0.39 is 0 Å². The monoisotopic (exact) mass is 351 g/mol. The molecule has 0 unspecified atom stereocenters. The summed E-state index contributed by atoms with van der Waals surface area (Å²) in [6, 6.07) is 16.8. The number of amides is 1. The second-order valence-electron chi connectivity index (χ2n) is 7.34. The van der Waals surface area contributed by atoms with E-state index in [0.717, 1.165) is 37.2 Å². The molecule has 2 aromatic rings. The molecule has 2 aromatic carbocycles. The van der Waals surface area contributed by atoms with Crippen molar-refractivity contribution in [3.63, 3.8) is 0 Å². The van der Waals surface area contributed by atoms with Gasteiger partial charge in [0.25, 0.3) is 0 Å². The summed E-state index contributed by atoms with van der Waals surface area (Å²) in [7, 11) is 4.04. The van der Waals surface area contributed by atoms with Crippen LogP contribution in [0.1, 0.15) is 35.4 Å². The molecule has 138 valence electrons. The number of nitrogens with zero attached hydrogens (tertiary/aromatic N) is 2. The van der Waals surface area contributed by atoms with Gasteiger partial charge in [0, 0.05) is 39.4 Å². The Morgan fingerprint density at radius 3 is 2.38 bits per heavy atom. The van der Waals surface area contributed by atoms with Crippen LogP contribution in [0.15, 0.2) is 48.5 Å². The minimum absolute atomic E-state index is 0.233. The van der Waals surface area contributed by atoms with Gasteiger partial charge in [-0.1, -0.05) is 36.4 Å². The predicted octanol–water partition coefficient (Wildman–Crippen LogP) is 3.16. The lowest BCUT2D eigenvalue weighted by atomic mass is 9.88. The Labute approximate surface area is 156 Å². The topological polar surface area (TPSA) is 49.6 Å². The summed E-state index contributed by atoms with van der Waals surface area (Å²) >= 11 is 0. The van der Waals surface area contributed by atoms with E-state index in [1.165, 1.54) is 11.1 Å². The Bertz CT molecular complexity index is 731. The highest BCUT2D eigenvalue weighted by atomic mass is 16.2. The van der Waals surface area contributed by atoms with Crippen LogP contribution in [-0.4, -0.2) is 38.0 Å². The lowest BCUT2D eigenvalue weighted by Crippen LogP contribution is -2.38. The summed E-state index contributed by atoms with van der Waals surface area (Å²) in [5.74, 6) is 0.765. The summed E-state index contributed by atoms with van der Waals surface area (Å²) in [4.78, 5) is 16.7. The number of hydrogen-bond acceptors (Lipinski definition) is 3. The molecule has 0 aromatic heterocycles. The molecule has 1 saturated heterocycles. The average molecular weight is 351 g/mol. The maximum Gasteiger partial charge on any atom is 0.226 e. The van der Waals surface area contributed by atoms with Crippen molar-refractivity contribution in [2.75, 3.05) is 32.1 Å². The van der Waals surface area contributed by atoms with Crippen LogP contribution in [0.3, 0.4) is 0 Å². The number of carbonyl (C=O) groups excluding carboxylic acids is 1. The van der Waals surface area contributed by atoms with Crippen LogP contribution in [0.5, 0.6) is 0 Å². The molecule has 3 rings (SSSR count). The molecule has 1 heterocycles. The van der Waals surface area contributed by atoms with Crippen molar-refractivity contribution < 1.29 is 4.79 Å². The third kappa shape index (κ3) is 4.44. The second kappa shape index (κ2) is 8.37. The molecular weight excluding hydrogens is 322 g/mol. The van der Waals surface area contributed by atoms with Gasteiger partial charge in [-0.3, -0.25) is 4.79 Å². The van der Waals surface area contributed by atoms with Gasteiger partial charge in [0.2, 0.25) is 5.91 Å². The zero-order chi connectivity index (χ0) is 18.5. The third-order valence-corrected chi connectivity index (χ3v) is 5.31. The number of benzene rings is 2. The van der Waals surface area contributed by atoms with E-state index in [-0.39, 0.29) is 5.91 Å². The van der Waals surface area contributed by atoms with Gasteiger partial charge < -0.3 is 15.5 Å². The van der Waals surface area contributed by atoms with E-state index in [1.807, 2.05) is 19.0 Å². The standard InChI is InChI=1S/C22H29N3O/c1-24(2)21-8-6-17(7-9-21)15-22(26)25-12-10-19(11-13-25)20-5-3-4-18(14-20)16-23/h3-9,14,19H,10-13,15-16,23H2,1-2H3. The van der Waals surface area contributed by atoms with Crippen molar-refractivity contribution in [2.24, 2.45) is 5.73 Å². The average Bonchev–Trinajstić information content (AvgIpc) is 2.68. The van der Waals surface area contributed by atoms with Crippen LogP contribution in [0.25, 0.3) is 0 Å². The summed E-state index contributed by atoms with van der Waals surface area (Å²) in [6.07, 6.45) is 2.54. The second-order valence-corrected chi connectivity index (χ2v) is 7.34. The number of nitrogens with two attached hydrogens (primary N) is 1. The van der Waals surface area contributed by atoms with Crippen molar-refractivity contribution in [3.8, 4) is 0 Å². The van der Waals surface area contributed by atoms with E-state index >= 15 is 0 Å². The Morgan fingerprint density at radius 1 is 1.08 bits per heavy atom. The molecule has 2 N–H and O–H groups in total. The first-order valence-corrected chi connectivity index (χ1v) is 9.40. The molecule has 0 spiro atoms. The zero-order valence-corrected chi connectivity index (χ0v) is 15.8. The van der Waals surface area contributed by atoms with E-state index in [0.29, 0.717) is 18.9 Å². The predicted molar refractivity (Wildman–Crippen MR) is 107 cm³/mol. The fourth-order valence-corrected chi connectivity index (χ4v) is 3.63. The number of piperidine rings is 1. The van der Waals surface area contributed by atoms with Crippen LogP contribution in [-0.2, 0) is 17.8 Å². The van der Waals surface area contributed by atoms with Crippen molar-refractivity contribution in [2.45, 2.75) is 31.7 Å². The molecule has 0 saturated carbocycles. The molecule has 0 aliphatic carbocycles. The summed E-state index contributed by atoms with van der Waals surface area (Å²) < 4.78 is 0. The quantitative estimate of drug-likeness (QED) is 0.900. The SMILES string of the molecule is CN(C)c1ccc(CC(=O)N2CCC(c3cccc(CN)c3)CC2)cc1. The van der Waals surface area contributed by atoms with Gasteiger partial charge in [0.1, 0.15) is 0 Å². The number of anilines is 1. The highest BCUT2D eigenvalue weighted by Gasteiger charge is 2.23. The molecule has 0 bridgehead atoms. The van der Waals surface area contributed by atoms with E-state index in [2.05, 4.69) is 53.4 Å². The van der Waals surface area contributed by atoms with Crippen molar-refractivity contribution in [3.05, 3.63) is 65.2 Å². The van der Waals surface area contributed by atoms with Crippen LogP contribution >= 0.6 is 0 Å². The largest absolute Gasteiger partial charge is 0.378 e. The smallest absolute Gasteiger partial charge is 0.226 e.